The Morgan fingerprint density at radius 1 is 1.20 bits per heavy atom. The summed E-state index contributed by atoms with van der Waals surface area (Å²) < 4.78 is 21.5. The van der Waals surface area contributed by atoms with Gasteiger partial charge in [-0.3, -0.25) is 4.79 Å². The molecular formula is C14H18O6. The van der Waals surface area contributed by atoms with Crippen LogP contribution in [-0.4, -0.2) is 39.0 Å². The Bertz CT molecular complexity index is 499. The van der Waals surface area contributed by atoms with Gasteiger partial charge in [0.25, 0.3) is 0 Å². The van der Waals surface area contributed by atoms with E-state index in [0.717, 1.165) is 0 Å². The smallest absolute Gasteiger partial charge is 0.309 e. The zero-order valence-corrected chi connectivity index (χ0v) is 11.7. The third-order valence-corrected chi connectivity index (χ3v) is 3.45. The van der Waals surface area contributed by atoms with Gasteiger partial charge in [-0.05, 0) is 18.6 Å². The topological polar surface area (TPSA) is 74.2 Å². The van der Waals surface area contributed by atoms with Gasteiger partial charge < -0.3 is 24.1 Å². The first-order chi connectivity index (χ1) is 9.63. The van der Waals surface area contributed by atoms with Crippen LogP contribution in [0, 0.1) is 5.92 Å². The van der Waals surface area contributed by atoms with Crippen molar-refractivity contribution < 1.29 is 28.8 Å². The molecule has 1 saturated heterocycles. The summed E-state index contributed by atoms with van der Waals surface area (Å²) in [4.78, 5) is 11.3. The predicted molar refractivity (Wildman–Crippen MR) is 70.5 cm³/mol. The third-order valence-electron chi connectivity index (χ3n) is 3.45. The Kier molecular flexibility index (Phi) is 4.34. The van der Waals surface area contributed by atoms with E-state index in [1.165, 1.54) is 21.3 Å². The second-order valence-corrected chi connectivity index (χ2v) is 4.45. The summed E-state index contributed by atoms with van der Waals surface area (Å²) in [6.07, 6.45) is -0.0559. The molecular weight excluding hydrogens is 264 g/mol. The zero-order chi connectivity index (χ0) is 14.7. The van der Waals surface area contributed by atoms with Crippen LogP contribution in [0.2, 0.25) is 0 Å². The number of rotatable bonds is 5. The number of methoxy groups -OCH3 is 3. The van der Waals surface area contributed by atoms with Crippen LogP contribution in [0.15, 0.2) is 12.1 Å². The normalized spacial score (nSPS) is 21.6. The molecule has 6 heteroatoms. The largest absolute Gasteiger partial charge is 0.493 e. The summed E-state index contributed by atoms with van der Waals surface area (Å²) in [5.41, 5.74) is 0.662. The van der Waals surface area contributed by atoms with Gasteiger partial charge in [0.15, 0.2) is 11.5 Å². The Labute approximate surface area is 117 Å². The highest BCUT2D eigenvalue weighted by atomic mass is 16.5. The number of benzene rings is 1. The maximum absolute atomic E-state index is 11.3. The second kappa shape index (κ2) is 6.00. The molecule has 0 spiro atoms. The van der Waals surface area contributed by atoms with Gasteiger partial charge in [0.05, 0.1) is 33.4 Å². The SMILES string of the molecule is COc1ccc(C2OCCC2C(=O)O)c(OC)c1OC. The molecule has 1 aliphatic rings. The molecule has 0 saturated carbocycles. The monoisotopic (exact) mass is 282 g/mol. The van der Waals surface area contributed by atoms with E-state index in [4.69, 9.17) is 18.9 Å². The molecule has 2 atom stereocenters. The average Bonchev–Trinajstić information content (AvgIpc) is 2.94. The molecule has 2 rings (SSSR count). The number of ether oxygens (including phenoxy) is 4. The molecule has 1 aromatic rings. The molecule has 1 aromatic carbocycles. The lowest BCUT2D eigenvalue weighted by molar-refractivity contribution is -0.143. The number of carboxylic acid groups (broad SMARTS) is 1. The standard InChI is InChI=1S/C14H18O6/c1-17-10-5-4-8(12(18-2)13(10)19-3)11-9(14(15)16)6-7-20-11/h4-5,9,11H,6-7H2,1-3H3,(H,15,16). The van der Waals surface area contributed by atoms with E-state index in [2.05, 4.69) is 0 Å². The molecule has 0 bridgehead atoms. The van der Waals surface area contributed by atoms with Crippen molar-refractivity contribution in [3.63, 3.8) is 0 Å². The molecule has 1 aliphatic heterocycles. The Hall–Kier alpha value is -1.95. The summed E-state index contributed by atoms with van der Waals surface area (Å²) in [5.74, 6) is -0.0403. The average molecular weight is 282 g/mol. The van der Waals surface area contributed by atoms with Crippen LogP contribution in [0.5, 0.6) is 17.2 Å². The van der Waals surface area contributed by atoms with E-state index < -0.39 is 18.0 Å². The van der Waals surface area contributed by atoms with E-state index in [-0.39, 0.29) is 0 Å². The minimum Gasteiger partial charge on any atom is -0.493 e. The van der Waals surface area contributed by atoms with Crippen LogP contribution in [0.1, 0.15) is 18.1 Å². The maximum Gasteiger partial charge on any atom is 0.309 e. The van der Waals surface area contributed by atoms with Crippen molar-refractivity contribution in [1.29, 1.82) is 0 Å². The maximum atomic E-state index is 11.3. The predicted octanol–water partition coefficient (Wildman–Crippen LogP) is 1.87. The van der Waals surface area contributed by atoms with Crippen molar-refractivity contribution in [3.8, 4) is 17.2 Å². The first-order valence-electron chi connectivity index (χ1n) is 6.27. The van der Waals surface area contributed by atoms with Gasteiger partial charge in [-0.25, -0.2) is 0 Å². The highest BCUT2D eigenvalue weighted by molar-refractivity contribution is 5.72. The second-order valence-electron chi connectivity index (χ2n) is 4.45. The lowest BCUT2D eigenvalue weighted by Gasteiger charge is -2.21. The van der Waals surface area contributed by atoms with Gasteiger partial charge in [-0.1, -0.05) is 0 Å². The van der Waals surface area contributed by atoms with E-state index >= 15 is 0 Å². The molecule has 2 unspecified atom stereocenters. The van der Waals surface area contributed by atoms with E-state index in [1.807, 2.05) is 0 Å². The van der Waals surface area contributed by atoms with Gasteiger partial charge >= 0.3 is 5.97 Å². The fraction of sp³-hybridized carbons (Fsp3) is 0.500. The van der Waals surface area contributed by atoms with Gasteiger partial charge in [0.1, 0.15) is 0 Å². The van der Waals surface area contributed by atoms with Crippen LogP contribution in [-0.2, 0) is 9.53 Å². The summed E-state index contributed by atoms with van der Waals surface area (Å²) >= 11 is 0. The molecule has 1 fully saturated rings. The van der Waals surface area contributed by atoms with Crippen molar-refractivity contribution in [2.45, 2.75) is 12.5 Å². The minimum absolute atomic E-state index is 0.416. The lowest BCUT2D eigenvalue weighted by atomic mass is 9.94. The molecule has 0 radical (unpaired) electrons. The third kappa shape index (κ3) is 2.38. The number of hydrogen-bond acceptors (Lipinski definition) is 5. The number of carbonyl (C=O) groups is 1. The zero-order valence-electron chi connectivity index (χ0n) is 11.7. The molecule has 110 valence electrons. The molecule has 20 heavy (non-hydrogen) atoms. The van der Waals surface area contributed by atoms with Crippen LogP contribution >= 0.6 is 0 Å². The number of hydrogen-bond donors (Lipinski definition) is 1. The molecule has 0 aromatic heterocycles. The quantitative estimate of drug-likeness (QED) is 0.888. The van der Waals surface area contributed by atoms with Gasteiger partial charge in [-0.15, -0.1) is 0 Å². The number of aliphatic carboxylic acids is 1. The summed E-state index contributed by atoms with van der Waals surface area (Å²) in [6.45, 7) is 0.416. The van der Waals surface area contributed by atoms with Crippen molar-refractivity contribution in [2.75, 3.05) is 27.9 Å². The van der Waals surface area contributed by atoms with Crippen LogP contribution in [0.25, 0.3) is 0 Å². The van der Waals surface area contributed by atoms with E-state index in [1.54, 1.807) is 12.1 Å². The summed E-state index contributed by atoms with van der Waals surface area (Å²) in [7, 11) is 4.54. The number of carboxylic acids is 1. The highest BCUT2D eigenvalue weighted by Crippen LogP contribution is 2.46. The van der Waals surface area contributed by atoms with Gasteiger partial charge in [0, 0.05) is 12.2 Å². The van der Waals surface area contributed by atoms with Crippen molar-refractivity contribution >= 4 is 5.97 Å². The molecule has 1 N–H and O–H groups in total. The van der Waals surface area contributed by atoms with Gasteiger partial charge in [-0.2, -0.15) is 0 Å². The van der Waals surface area contributed by atoms with Crippen molar-refractivity contribution in [2.24, 2.45) is 5.92 Å². The first kappa shape index (κ1) is 14.5. The van der Waals surface area contributed by atoms with Crippen molar-refractivity contribution in [3.05, 3.63) is 17.7 Å². The fourth-order valence-electron chi connectivity index (χ4n) is 2.50. The van der Waals surface area contributed by atoms with Crippen LogP contribution in [0.3, 0.4) is 0 Å². The minimum atomic E-state index is -0.871. The van der Waals surface area contributed by atoms with Gasteiger partial charge in [0.2, 0.25) is 5.75 Å². The Morgan fingerprint density at radius 2 is 1.90 bits per heavy atom. The van der Waals surface area contributed by atoms with Crippen molar-refractivity contribution in [1.82, 2.24) is 0 Å². The fourth-order valence-corrected chi connectivity index (χ4v) is 2.50. The molecule has 1 heterocycles. The highest BCUT2D eigenvalue weighted by Gasteiger charge is 2.38. The Morgan fingerprint density at radius 3 is 2.45 bits per heavy atom. The molecule has 6 nitrogen and oxygen atoms in total. The Balaban J connectivity index is 2.48. The van der Waals surface area contributed by atoms with E-state index in [9.17, 15) is 9.90 Å². The summed E-state index contributed by atoms with van der Waals surface area (Å²) in [5, 5.41) is 9.26. The first-order valence-corrected chi connectivity index (χ1v) is 6.27. The molecule has 0 amide bonds. The van der Waals surface area contributed by atoms with Crippen LogP contribution < -0.4 is 14.2 Å². The summed E-state index contributed by atoms with van der Waals surface area (Å²) in [6, 6.07) is 3.48. The van der Waals surface area contributed by atoms with E-state index in [0.29, 0.717) is 35.8 Å². The lowest BCUT2D eigenvalue weighted by Crippen LogP contribution is -2.18. The van der Waals surface area contributed by atoms with Crippen LogP contribution in [0.4, 0.5) is 0 Å². The molecule has 0 aliphatic carbocycles.